The summed E-state index contributed by atoms with van der Waals surface area (Å²) in [5.41, 5.74) is 2.28. The molecule has 0 radical (unpaired) electrons. The van der Waals surface area contributed by atoms with Crippen LogP contribution in [-0.2, 0) is 4.74 Å². The van der Waals surface area contributed by atoms with E-state index in [9.17, 15) is 9.90 Å². The number of phenols is 1. The van der Waals surface area contributed by atoms with Gasteiger partial charge in [0.05, 0.1) is 0 Å². The van der Waals surface area contributed by atoms with E-state index in [-0.39, 0.29) is 18.1 Å². The molecule has 1 amide bonds. The van der Waals surface area contributed by atoms with Crippen LogP contribution in [0.2, 0.25) is 0 Å². The molecule has 1 atom stereocenters. The van der Waals surface area contributed by atoms with Crippen LogP contribution in [0.5, 0.6) is 5.75 Å². The van der Waals surface area contributed by atoms with E-state index in [0.717, 1.165) is 12.0 Å². The van der Waals surface area contributed by atoms with Crippen LogP contribution in [-0.4, -0.2) is 54.4 Å². The van der Waals surface area contributed by atoms with Crippen molar-refractivity contribution in [3.63, 3.8) is 0 Å². The average Bonchev–Trinajstić information content (AvgIpc) is 2.48. The standard InChI is InChI=1S/C16H22N2O3/c1-12(17(2)3)21-16(20)18-10-8-14(9-11-18)13-4-6-15(19)7-5-13/h4-8,12,19H,9-11H2,1-3H3. The van der Waals surface area contributed by atoms with Crippen LogP contribution in [0.4, 0.5) is 4.79 Å². The van der Waals surface area contributed by atoms with Crippen molar-refractivity contribution in [1.82, 2.24) is 9.80 Å². The molecule has 0 spiro atoms. The van der Waals surface area contributed by atoms with Gasteiger partial charge in [-0.2, -0.15) is 0 Å². The molecule has 5 heteroatoms. The number of aromatic hydroxyl groups is 1. The Bertz CT molecular complexity index is 523. The minimum absolute atomic E-state index is 0.236. The summed E-state index contributed by atoms with van der Waals surface area (Å²) in [5.74, 6) is 0.262. The minimum atomic E-state index is -0.280. The lowest BCUT2D eigenvalue weighted by atomic mass is 10.00. The SMILES string of the molecule is CC(OC(=O)N1CC=C(c2ccc(O)cc2)CC1)N(C)C. The molecule has 1 unspecified atom stereocenters. The molecule has 5 nitrogen and oxygen atoms in total. The van der Waals surface area contributed by atoms with Gasteiger partial charge in [0, 0.05) is 13.1 Å². The van der Waals surface area contributed by atoms with Crippen molar-refractivity contribution in [2.24, 2.45) is 0 Å². The highest BCUT2D eigenvalue weighted by Crippen LogP contribution is 2.24. The third kappa shape index (κ3) is 3.98. The second kappa shape index (κ2) is 6.63. The molecule has 0 bridgehead atoms. The van der Waals surface area contributed by atoms with Gasteiger partial charge in [0.2, 0.25) is 0 Å². The molecule has 114 valence electrons. The predicted molar refractivity (Wildman–Crippen MR) is 81.9 cm³/mol. The number of rotatable bonds is 3. The fourth-order valence-corrected chi connectivity index (χ4v) is 2.10. The van der Waals surface area contributed by atoms with Gasteiger partial charge in [-0.15, -0.1) is 0 Å². The zero-order chi connectivity index (χ0) is 15.4. The van der Waals surface area contributed by atoms with Crippen LogP contribution in [0.15, 0.2) is 30.3 Å². The number of hydrogen-bond acceptors (Lipinski definition) is 4. The lowest BCUT2D eigenvalue weighted by Gasteiger charge is -2.29. The maximum absolute atomic E-state index is 12.0. The van der Waals surface area contributed by atoms with Crippen molar-refractivity contribution < 1.29 is 14.6 Å². The molecule has 0 saturated heterocycles. The van der Waals surface area contributed by atoms with Crippen LogP contribution >= 0.6 is 0 Å². The first-order valence-electron chi connectivity index (χ1n) is 7.08. The Morgan fingerprint density at radius 3 is 2.52 bits per heavy atom. The number of amides is 1. The highest BCUT2D eigenvalue weighted by molar-refractivity contribution is 5.72. The molecule has 1 aliphatic heterocycles. The maximum Gasteiger partial charge on any atom is 0.411 e. The summed E-state index contributed by atoms with van der Waals surface area (Å²) in [6.45, 7) is 3.04. The quantitative estimate of drug-likeness (QED) is 0.869. The van der Waals surface area contributed by atoms with Gasteiger partial charge in [0.1, 0.15) is 5.75 Å². The van der Waals surface area contributed by atoms with Gasteiger partial charge in [-0.25, -0.2) is 4.79 Å². The number of nitrogens with zero attached hydrogens (tertiary/aromatic N) is 2. The summed E-state index contributed by atoms with van der Waals surface area (Å²) >= 11 is 0. The van der Waals surface area contributed by atoms with Crippen LogP contribution in [0.3, 0.4) is 0 Å². The lowest BCUT2D eigenvalue weighted by Crippen LogP contribution is -2.39. The molecule has 2 rings (SSSR count). The van der Waals surface area contributed by atoms with E-state index < -0.39 is 0 Å². The summed E-state index contributed by atoms with van der Waals surface area (Å²) in [7, 11) is 3.74. The number of carbonyl (C=O) groups is 1. The molecule has 21 heavy (non-hydrogen) atoms. The van der Waals surface area contributed by atoms with E-state index in [2.05, 4.69) is 0 Å². The van der Waals surface area contributed by atoms with Crippen LogP contribution in [0, 0.1) is 0 Å². The van der Waals surface area contributed by atoms with Gasteiger partial charge in [-0.05, 0) is 50.7 Å². The number of carbonyl (C=O) groups excluding carboxylic acids is 1. The Morgan fingerprint density at radius 2 is 2.00 bits per heavy atom. The highest BCUT2D eigenvalue weighted by atomic mass is 16.6. The average molecular weight is 290 g/mol. The molecule has 1 N–H and O–H groups in total. The largest absolute Gasteiger partial charge is 0.508 e. The van der Waals surface area contributed by atoms with Crippen LogP contribution in [0.25, 0.3) is 5.57 Å². The first-order valence-corrected chi connectivity index (χ1v) is 7.08. The molecule has 1 aromatic carbocycles. The monoisotopic (exact) mass is 290 g/mol. The summed E-state index contributed by atoms with van der Waals surface area (Å²) in [6, 6.07) is 7.14. The lowest BCUT2D eigenvalue weighted by molar-refractivity contribution is 0.00760. The fourth-order valence-electron chi connectivity index (χ4n) is 2.10. The van der Waals surface area contributed by atoms with E-state index in [0.29, 0.717) is 13.1 Å². The van der Waals surface area contributed by atoms with E-state index >= 15 is 0 Å². The van der Waals surface area contributed by atoms with Gasteiger partial charge < -0.3 is 14.7 Å². The third-order valence-corrected chi connectivity index (χ3v) is 3.70. The van der Waals surface area contributed by atoms with Crippen molar-refractivity contribution >= 4 is 11.7 Å². The fraction of sp³-hybridized carbons (Fsp3) is 0.438. The normalized spacial score (nSPS) is 16.6. The Morgan fingerprint density at radius 1 is 1.33 bits per heavy atom. The summed E-state index contributed by atoms with van der Waals surface area (Å²) in [5, 5.41) is 9.31. The number of ether oxygens (including phenoxy) is 1. The van der Waals surface area contributed by atoms with Crippen molar-refractivity contribution in [2.75, 3.05) is 27.2 Å². The van der Waals surface area contributed by atoms with Crippen molar-refractivity contribution in [3.8, 4) is 5.75 Å². The van der Waals surface area contributed by atoms with Gasteiger partial charge in [0.25, 0.3) is 0 Å². The van der Waals surface area contributed by atoms with Gasteiger partial charge in [-0.3, -0.25) is 4.90 Å². The van der Waals surface area contributed by atoms with Gasteiger partial charge in [-0.1, -0.05) is 18.2 Å². The summed E-state index contributed by atoms with van der Waals surface area (Å²) in [6.07, 6.45) is 2.31. The first-order chi connectivity index (χ1) is 9.97. The molecular weight excluding hydrogens is 268 g/mol. The molecule has 1 aromatic rings. The molecule has 0 saturated carbocycles. The smallest absolute Gasteiger partial charge is 0.411 e. The van der Waals surface area contributed by atoms with Crippen molar-refractivity contribution in [3.05, 3.63) is 35.9 Å². The Kier molecular flexibility index (Phi) is 4.85. The molecule has 0 aromatic heterocycles. The van der Waals surface area contributed by atoms with E-state index in [1.807, 2.05) is 44.1 Å². The van der Waals surface area contributed by atoms with E-state index in [4.69, 9.17) is 4.74 Å². The van der Waals surface area contributed by atoms with Crippen molar-refractivity contribution in [2.45, 2.75) is 19.6 Å². The van der Waals surface area contributed by atoms with Crippen LogP contribution in [0.1, 0.15) is 18.9 Å². The Balaban J connectivity index is 1.95. The molecular formula is C16H22N2O3. The third-order valence-electron chi connectivity index (χ3n) is 3.70. The zero-order valence-electron chi connectivity index (χ0n) is 12.7. The van der Waals surface area contributed by atoms with Gasteiger partial charge >= 0.3 is 6.09 Å². The van der Waals surface area contributed by atoms with Crippen LogP contribution < -0.4 is 0 Å². The zero-order valence-corrected chi connectivity index (χ0v) is 12.7. The minimum Gasteiger partial charge on any atom is -0.508 e. The number of phenolic OH excluding ortho intramolecular Hbond substituents is 1. The number of benzene rings is 1. The van der Waals surface area contributed by atoms with Crippen molar-refractivity contribution in [1.29, 1.82) is 0 Å². The molecule has 0 fully saturated rings. The molecule has 0 aliphatic carbocycles. The summed E-state index contributed by atoms with van der Waals surface area (Å²) < 4.78 is 5.36. The van der Waals surface area contributed by atoms with E-state index in [1.165, 1.54) is 5.57 Å². The summed E-state index contributed by atoms with van der Waals surface area (Å²) in [4.78, 5) is 15.6. The second-order valence-electron chi connectivity index (χ2n) is 5.42. The maximum atomic E-state index is 12.0. The van der Waals surface area contributed by atoms with Gasteiger partial charge in [0.15, 0.2) is 6.23 Å². The molecule has 1 heterocycles. The second-order valence-corrected chi connectivity index (χ2v) is 5.42. The Labute approximate surface area is 125 Å². The molecule has 1 aliphatic rings. The topological polar surface area (TPSA) is 53.0 Å². The Hall–Kier alpha value is -2.01. The van der Waals surface area contributed by atoms with E-state index in [1.54, 1.807) is 17.0 Å². The first kappa shape index (κ1) is 15.4. The number of hydrogen-bond donors (Lipinski definition) is 1. The predicted octanol–water partition coefficient (Wildman–Crippen LogP) is 2.53. The highest BCUT2D eigenvalue weighted by Gasteiger charge is 2.21.